The lowest BCUT2D eigenvalue weighted by atomic mass is 9.98. The lowest BCUT2D eigenvalue weighted by molar-refractivity contribution is -0.136. The first-order valence-electron chi connectivity index (χ1n) is 9.71. The topological polar surface area (TPSA) is 70.7 Å². The SMILES string of the molecule is CCN1CCCc2cc(CCNC(=O)C(=O)Nc3ccccc3OC)ccc21. The highest BCUT2D eigenvalue weighted by Gasteiger charge is 2.17. The number of nitrogens with zero attached hydrogens (tertiary/aromatic N) is 1. The highest BCUT2D eigenvalue weighted by atomic mass is 16.5. The maximum atomic E-state index is 12.1. The van der Waals surface area contributed by atoms with Crippen LogP contribution in [-0.4, -0.2) is 38.6 Å². The van der Waals surface area contributed by atoms with Crippen LogP contribution in [0, 0.1) is 0 Å². The first-order valence-corrected chi connectivity index (χ1v) is 9.71. The molecule has 2 aromatic rings. The van der Waals surface area contributed by atoms with E-state index in [0.29, 0.717) is 24.4 Å². The van der Waals surface area contributed by atoms with Crippen molar-refractivity contribution in [3.63, 3.8) is 0 Å². The number of nitrogens with one attached hydrogen (secondary N) is 2. The highest BCUT2D eigenvalue weighted by molar-refractivity contribution is 6.39. The zero-order valence-corrected chi connectivity index (χ0v) is 16.5. The third-order valence-electron chi connectivity index (χ3n) is 5.00. The zero-order valence-electron chi connectivity index (χ0n) is 16.5. The van der Waals surface area contributed by atoms with Crippen LogP contribution in [0.5, 0.6) is 5.75 Å². The number of benzene rings is 2. The molecular weight excluding hydrogens is 354 g/mol. The largest absolute Gasteiger partial charge is 0.495 e. The predicted octanol–water partition coefficient (Wildman–Crippen LogP) is 2.77. The van der Waals surface area contributed by atoms with Crippen molar-refractivity contribution >= 4 is 23.2 Å². The van der Waals surface area contributed by atoms with Crippen LogP contribution in [0.2, 0.25) is 0 Å². The Hall–Kier alpha value is -3.02. The number of hydrogen-bond acceptors (Lipinski definition) is 4. The van der Waals surface area contributed by atoms with E-state index in [1.807, 2.05) is 0 Å². The molecule has 6 nitrogen and oxygen atoms in total. The normalized spacial score (nSPS) is 12.9. The monoisotopic (exact) mass is 381 g/mol. The van der Waals surface area contributed by atoms with E-state index in [2.05, 4.69) is 40.7 Å². The lowest BCUT2D eigenvalue weighted by Gasteiger charge is -2.30. The summed E-state index contributed by atoms with van der Waals surface area (Å²) in [5, 5.41) is 5.27. The molecule has 0 aromatic heterocycles. The number of para-hydroxylation sites is 2. The third kappa shape index (κ3) is 4.63. The van der Waals surface area contributed by atoms with E-state index < -0.39 is 11.8 Å². The number of carbonyl (C=O) groups is 2. The van der Waals surface area contributed by atoms with Crippen molar-refractivity contribution in [1.82, 2.24) is 5.32 Å². The molecule has 1 aliphatic heterocycles. The zero-order chi connectivity index (χ0) is 19.9. The fourth-order valence-corrected chi connectivity index (χ4v) is 3.54. The molecule has 0 spiro atoms. The van der Waals surface area contributed by atoms with Gasteiger partial charge in [0.25, 0.3) is 0 Å². The van der Waals surface area contributed by atoms with Gasteiger partial charge in [0.1, 0.15) is 5.75 Å². The standard InChI is InChI=1S/C22H27N3O3/c1-3-25-14-6-7-17-15-16(10-11-19(17)25)12-13-23-21(26)22(27)24-18-8-4-5-9-20(18)28-2/h4-5,8-11,15H,3,6-7,12-14H2,1-2H3,(H,23,26)(H,24,27). The number of rotatable bonds is 6. The lowest BCUT2D eigenvalue weighted by Crippen LogP contribution is -2.36. The number of ether oxygens (including phenoxy) is 1. The Morgan fingerprint density at radius 1 is 1.14 bits per heavy atom. The second-order valence-corrected chi connectivity index (χ2v) is 6.81. The molecule has 1 aliphatic rings. The van der Waals surface area contributed by atoms with Crippen LogP contribution in [0.1, 0.15) is 24.5 Å². The minimum atomic E-state index is -0.700. The molecule has 0 radical (unpaired) electrons. The molecule has 0 unspecified atom stereocenters. The van der Waals surface area contributed by atoms with E-state index in [1.54, 1.807) is 24.3 Å². The molecule has 0 saturated heterocycles. The molecule has 2 amide bonds. The first-order chi connectivity index (χ1) is 13.6. The van der Waals surface area contributed by atoms with Crippen LogP contribution in [0.15, 0.2) is 42.5 Å². The highest BCUT2D eigenvalue weighted by Crippen LogP contribution is 2.28. The van der Waals surface area contributed by atoms with Gasteiger partial charge in [-0.15, -0.1) is 0 Å². The van der Waals surface area contributed by atoms with Crippen molar-refractivity contribution in [2.75, 3.05) is 37.0 Å². The Balaban J connectivity index is 1.52. The number of methoxy groups -OCH3 is 1. The third-order valence-corrected chi connectivity index (χ3v) is 5.00. The fraction of sp³-hybridized carbons (Fsp3) is 0.364. The van der Waals surface area contributed by atoms with Crippen LogP contribution in [0.25, 0.3) is 0 Å². The van der Waals surface area contributed by atoms with Crippen LogP contribution in [0.3, 0.4) is 0 Å². The number of fused-ring (bicyclic) bond motifs is 1. The van der Waals surface area contributed by atoms with Gasteiger partial charge in [0, 0.05) is 25.3 Å². The summed E-state index contributed by atoms with van der Waals surface area (Å²) < 4.78 is 5.18. The maximum Gasteiger partial charge on any atom is 0.313 e. The predicted molar refractivity (Wildman–Crippen MR) is 111 cm³/mol. The number of anilines is 2. The van der Waals surface area contributed by atoms with Crippen LogP contribution in [-0.2, 0) is 22.4 Å². The van der Waals surface area contributed by atoms with E-state index in [-0.39, 0.29) is 0 Å². The van der Waals surface area contributed by atoms with Crippen molar-refractivity contribution in [1.29, 1.82) is 0 Å². The van der Waals surface area contributed by atoms with Gasteiger partial charge < -0.3 is 20.3 Å². The van der Waals surface area contributed by atoms with E-state index in [1.165, 1.54) is 30.3 Å². The molecule has 0 atom stereocenters. The minimum Gasteiger partial charge on any atom is -0.495 e. The van der Waals surface area contributed by atoms with Gasteiger partial charge in [-0.2, -0.15) is 0 Å². The Morgan fingerprint density at radius 2 is 1.96 bits per heavy atom. The van der Waals surface area contributed by atoms with Gasteiger partial charge in [0.15, 0.2) is 0 Å². The summed E-state index contributed by atoms with van der Waals surface area (Å²) in [5.74, 6) is -0.839. The summed E-state index contributed by atoms with van der Waals surface area (Å²) in [6, 6.07) is 13.5. The summed E-state index contributed by atoms with van der Waals surface area (Å²) in [6.45, 7) is 4.72. The minimum absolute atomic E-state index is 0.411. The van der Waals surface area contributed by atoms with Crippen LogP contribution in [0.4, 0.5) is 11.4 Å². The summed E-state index contributed by atoms with van der Waals surface area (Å²) in [4.78, 5) is 26.6. The molecule has 148 valence electrons. The molecule has 0 fully saturated rings. The van der Waals surface area contributed by atoms with Gasteiger partial charge in [-0.25, -0.2) is 0 Å². The van der Waals surface area contributed by atoms with E-state index >= 15 is 0 Å². The molecule has 3 rings (SSSR count). The van der Waals surface area contributed by atoms with Crippen molar-refractivity contribution in [3.8, 4) is 5.75 Å². The Labute approximate surface area is 165 Å². The van der Waals surface area contributed by atoms with Crippen LogP contribution >= 0.6 is 0 Å². The fourth-order valence-electron chi connectivity index (χ4n) is 3.54. The van der Waals surface area contributed by atoms with Gasteiger partial charge >= 0.3 is 11.8 Å². The first kappa shape index (κ1) is 19.7. The molecular formula is C22H27N3O3. The Bertz CT molecular complexity index is 851. The average molecular weight is 381 g/mol. The van der Waals surface area contributed by atoms with Crippen molar-refractivity contribution in [3.05, 3.63) is 53.6 Å². The van der Waals surface area contributed by atoms with Crippen molar-refractivity contribution in [2.24, 2.45) is 0 Å². The van der Waals surface area contributed by atoms with Gasteiger partial charge in [-0.1, -0.05) is 24.3 Å². The number of amides is 2. The number of carbonyl (C=O) groups excluding carboxylic acids is 2. The second kappa shape index (κ2) is 9.26. The molecule has 28 heavy (non-hydrogen) atoms. The van der Waals surface area contributed by atoms with Crippen molar-refractivity contribution in [2.45, 2.75) is 26.2 Å². The number of aryl methyl sites for hydroxylation is 1. The maximum absolute atomic E-state index is 12.1. The van der Waals surface area contributed by atoms with E-state index in [4.69, 9.17) is 4.74 Å². The molecule has 0 bridgehead atoms. The smallest absolute Gasteiger partial charge is 0.313 e. The van der Waals surface area contributed by atoms with E-state index in [9.17, 15) is 9.59 Å². The second-order valence-electron chi connectivity index (χ2n) is 6.81. The van der Waals surface area contributed by atoms with Crippen LogP contribution < -0.4 is 20.3 Å². The van der Waals surface area contributed by atoms with Gasteiger partial charge in [-0.3, -0.25) is 9.59 Å². The molecule has 1 heterocycles. The summed E-state index contributed by atoms with van der Waals surface area (Å²) in [7, 11) is 1.52. The molecule has 0 saturated carbocycles. The summed E-state index contributed by atoms with van der Waals surface area (Å²) >= 11 is 0. The molecule has 0 aliphatic carbocycles. The number of hydrogen-bond donors (Lipinski definition) is 2. The Morgan fingerprint density at radius 3 is 2.75 bits per heavy atom. The van der Waals surface area contributed by atoms with Gasteiger partial charge in [0.05, 0.1) is 12.8 Å². The average Bonchev–Trinajstić information content (AvgIpc) is 2.73. The molecule has 6 heteroatoms. The quantitative estimate of drug-likeness (QED) is 0.755. The van der Waals surface area contributed by atoms with E-state index in [0.717, 1.165) is 19.5 Å². The van der Waals surface area contributed by atoms with Gasteiger partial charge in [0.2, 0.25) is 0 Å². The molecule has 2 aromatic carbocycles. The Kier molecular flexibility index (Phi) is 6.53. The summed E-state index contributed by atoms with van der Waals surface area (Å²) in [6.07, 6.45) is 2.95. The van der Waals surface area contributed by atoms with Gasteiger partial charge in [-0.05, 0) is 55.5 Å². The summed E-state index contributed by atoms with van der Waals surface area (Å²) in [5.41, 5.74) is 4.33. The molecule has 2 N–H and O–H groups in total. The van der Waals surface area contributed by atoms with Crippen molar-refractivity contribution < 1.29 is 14.3 Å².